The van der Waals surface area contributed by atoms with Crippen LogP contribution in [-0.2, 0) is 10.0 Å². The molecule has 0 atom stereocenters. The fourth-order valence-corrected chi connectivity index (χ4v) is 3.01. The molecule has 0 amide bonds. The van der Waals surface area contributed by atoms with E-state index in [1.165, 1.54) is 25.2 Å². The zero-order valence-electron chi connectivity index (χ0n) is 10.3. The Hall–Kier alpha value is -1.60. The number of carboxylic acid groups (broad SMARTS) is 1. The van der Waals surface area contributed by atoms with Gasteiger partial charge in [0, 0.05) is 19.3 Å². The highest BCUT2D eigenvalue weighted by Crippen LogP contribution is 2.22. The summed E-state index contributed by atoms with van der Waals surface area (Å²) in [4.78, 5) is 10.8. The summed E-state index contributed by atoms with van der Waals surface area (Å²) in [5, 5.41) is 9.01. The summed E-state index contributed by atoms with van der Waals surface area (Å²) in [5.74, 6) is -1.29. The van der Waals surface area contributed by atoms with Crippen LogP contribution < -0.4 is 5.73 Å². The number of aromatic carboxylic acids is 1. The smallest absolute Gasteiger partial charge is 0.337 e. The van der Waals surface area contributed by atoms with Gasteiger partial charge in [-0.25, -0.2) is 17.5 Å². The van der Waals surface area contributed by atoms with Crippen molar-refractivity contribution in [2.75, 3.05) is 19.3 Å². The molecule has 100 valence electrons. The second-order valence-electron chi connectivity index (χ2n) is 3.89. The van der Waals surface area contributed by atoms with E-state index in [1.807, 2.05) is 6.92 Å². The van der Waals surface area contributed by atoms with E-state index in [0.717, 1.165) is 4.31 Å². The number of nitrogens with two attached hydrogens (primary N) is 1. The fraction of sp³-hybridized carbons (Fsp3) is 0.364. The van der Waals surface area contributed by atoms with Crippen LogP contribution in [0.25, 0.3) is 0 Å². The lowest BCUT2D eigenvalue weighted by atomic mass is 10.2. The van der Waals surface area contributed by atoms with Crippen LogP contribution in [0, 0.1) is 0 Å². The summed E-state index contributed by atoms with van der Waals surface area (Å²) in [5.41, 5.74) is 5.46. The van der Waals surface area contributed by atoms with E-state index in [9.17, 15) is 13.2 Å². The molecule has 0 aliphatic rings. The molecular formula is C11H16N2O4S. The molecule has 0 heterocycles. The van der Waals surface area contributed by atoms with E-state index in [1.54, 1.807) is 0 Å². The summed E-state index contributed by atoms with van der Waals surface area (Å²) >= 11 is 0. The van der Waals surface area contributed by atoms with Gasteiger partial charge in [-0.1, -0.05) is 6.92 Å². The van der Waals surface area contributed by atoms with Crippen LogP contribution in [0.3, 0.4) is 0 Å². The summed E-state index contributed by atoms with van der Waals surface area (Å²) in [7, 11) is -2.42. The quantitative estimate of drug-likeness (QED) is 0.779. The summed E-state index contributed by atoms with van der Waals surface area (Å²) < 4.78 is 25.5. The lowest BCUT2D eigenvalue weighted by Gasteiger charge is -2.17. The highest BCUT2D eigenvalue weighted by Gasteiger charge is 2.26. The number of anilines is 1. The first-order valence-electron chi connectivity index (χ1n) is 5.40. The number of hydrogen-bond acceptors (Lipinski definition) is 4. The van der Waals surface area contributed by atoms with Crippen LogP contribution in [0.4, 0.5) is 5.69 Å². The van der Waals surface area contributed by atoms with Gasteiger partial charge in [0.05, 0.1) is 10.5 Å². The Morgan fingerprint density at radius 3 is 2.56 bits per heavy atom. The maximum Gasteiger partial charge on any atom is 0.337 e. The molecule has 0 aromatic heterocycles. The first-order chi connectivity index (χ1) is 8.30. The first-order valence-corrected chi connectivity index (χ1v) is 6.84. The highest BCUT2D eigenvalue weighted by atomic mass is 32.2. The molecule has 18 heavy (non-hydrogen) atoms. The average molecular weight is 272 g/mol. The number of benzene rings is 1. The van der Waals surface area contributed by atoms with Gasteiger partial charge in [0.1, 0.15) is 0 Å². The Bertz CT molecular complexity index is 554. The molecule has 0 aliphatic heterocycles. The van der Waals surface area contributed by atoms with Gasteiger partial charge in [-0.3, -0.25) is 0 Å². The molecule has 0 spiro atoms. The Morgan fingerprint density at radius 1 is 1.44 bits per heavy atom. The number of rotatable bonds is 5. The molecular weight excluding hydrogens is 256 g/mol. The summed E-state index contributed by atoms with van der Waals surface area (Å²) in [6, 6.07) is 3.73. The molecule has 0 radical (unpaired) electrons. The van der Waals surface area contributed by atoms with Gasteiger partial charge in [-0.15, -0.1) is 0 Å². The lowest BCUT2D eigenvalue weighted by molar-refractivity contribution is 0.0692. The number of sulfonamides is 1. The number of nitrogen functional groups attached to an aromatic ring is 1. The van der Waals surface area contributed by atoms with Crippen LogP contribution in [0.2, 0.25) is 0 Å². The molecule has 0 aliphatic carbocycles. The van der Waals surface area contributed by atoms with Gasteiger partial charge >= 0.3 is 5.97 Å². The summed E-state index contributed by atoms with van der Waals surface area (Å²) in [6.45, 7) is 2.15. The van der Waals surface area contributed by atoms with Gasteiger partial charge in [-0.05, 0) is 24.6 Å². The van der Waals surface area contributed by atoms with E-state index in [-0.39, 0.29) is 16.1 Å². The molecule has 7 heteroatoms. The van der Waals surface area contributed by atoms with Crippen molar-refractivity contribution in [3.05, 3.63) is 23.8 Å². The fourth-order valence-electron chi connectivity index (χ4n) is 1.53. The van der Waals surface area contributed by atoms with Crippen molar-refractivity contribution in [2.45, 2.75) is 18.2 Å². The van der Waals surface area contributed by atoms with Gasteiger partial charge in [-0.2, -0.15) is 0 Å². The van der Waals surface area contributed by atoms with Crippen molar-refractivity contribution in [2.24, 2.45) is 0 Å². The largest absolute Gasteiger partial charge is 0.478 e. The van der Waals surface area contributed by atoms with Gasteiger partial charge < -0.3 is 10.8 Å². The predicted molar refractivity (Wildman–Crippen MR) is 67.9 cm³/mol. The molecule has 1 aromatic rings. The van der Waals surface area contributed by atoms with Crippen molar-refractivity contribution < 1.29 is 18.3 Å². The van der Waals surface area contributed by atoms with E-state index in [2.05, 4.69) is 0 Å². The Morgan fingerprint density at radius 2 is 2.06 bits per heavy atom. The van der Waals surface area contributed by atoms with Crippen molar-refractivity contribution >= 4 is 21.7 Å². The SMILES string of the molecule is CCCN(C)S(=O)(=O)c1cc(N)ccc1C(=O)O. The van der Waals surface area contributed by atoms with Crippen molar-refractivity contribution in [1.82, 2.24) is 4.31 Å². The predicted octanol–water partition coefficient (Wildman–Crippen LogP) is 0.997. The molecule has 1 aromatic carbocycles. The standard InChI is InChI=1S/C11H16N2O4S/c1-3-6-13(2)18(16,17)10-7-8(12)4-5-9(10)11(14)15/h4-5,7H,3,6,12H2,1-2H3,(H,14,15). The van der Waals surface area contributed by atoms with Crippen LogP contribution in [0.1, 0.15) is 23.7 Å². The van der Waals surface area contributed by atoms with E-state index >= 15 is 0 Å². The number of carbonyl (C=O) groups is 1. The molecule has 0 saturated heterocycles. The minimum atomic E-state index is -3.83. The van der Waals surface area contributed by atoms with E-state index in [0.29, 0.717) is 13.0 Å². The maximum atomic E-state index is 12.2. The molecule has 1 rings (SSSR count). The highest BCUT2D eigenvalue weighted by molar-refractivity contribution is 7.89. The Kier molecular flexibility index (Phi) is 4.31. The third-order valence-corrected chi connectivity index (χ3v) is 4.36. The minimum Gasteiger partial charge on any atom is -0.478 e. The lowest BCUT2D eigenvalue weighted by Crippen LogP contribution is -2.29. The monoisotopic (exact) mass is 272 g/mol. The second kappa shape index (κ2) is 5.36. The van der Waals surface area contributed by atoms with Crippen LogP contribution in [-0.4, -0.2) is 37.4 Å². The number of nitrogens with zero attached hydrogens (tertiary/aromatic N) is 1. The van der Waals surface area contributed by atoms with Crippen molar-refractivity contribution in [3.63, 3.8) is 0 Å². The molecule has 0 unspecified atom stereocenters. The molecule has 6 nitrogen and oxygen atoms in total. The summed E-state index contributed by atoms with van der Waals surface area (Å²) in [6.07, 6.45) is 0.639. The van der Waals surface area contributed by atoms with Crippen LogP contribution in [0.5, 0.6) is 0 Å². The Balaban J connectivity index is 3.39. The van der Waals surface area contributed by atoms with Crippen LogP contribution in [0.15, 0.2) is 23.1 Å². The molecule has 0 saturated carbocycles. The Labute approximate surface area is 106 Å². The van der Waals surface area contributed by atoms with Crippen LogP contribution >= 0.6 is 0 Å². The zero-order valence-corrected chi connectivity index (χ0v) is 11.1. The third kappa shape index (κ3) is 2.80. The maximum absolute atomic E-state index is 12.2. The van der Waals surface area contributed by atoms with Gasteiger partial charge in [0.25, 0.3) is 0 Å². The van der Waals surface area contributed by atoms with E-state index in [4.69, 9.17) is 10.8 Å². The second-order valence-corrected chi connectivity index (χ2v) is 5.90. The number of carboxylic acids is 1. The van der Waals surface area contributed by atoms with Crippen molar-refractivity contribution in [3.8, 4) is 0 Å². The molecule has 0 fully saturated rings. The van der Waals surface area contributed by atoms with E-state index < -0.39 is 16.0 Å². The number of hydrogen-bond donors (Lipinski definition) is 2. The average Bonchev–Trinajstić information content (AvgIpc) is 2.28. The van der Waals surface area contributed by atoms with Gasteiger partial charge in [0.2, 0.25) is 10.0 Å². The normalized spacial score (nSPS) is 11.7. The zero-order chi connectivity index (χ0) is 13.9. The first kappa shape index (κ1) is 14.5. The third-order valence-electron chi connectivity index (χ3n) is 2.46. The molecule has 3 N–H and O–H groups in total. The van der Waals surface area contributed by atoms with Gasteiger partial charge in [0.15, 0.2) is 0 Å². The molecule has 0 bridgehead atoms. The minimum absolute atomic E-state index is 0.212. The van der Waals surface area contributed by atoms with Crippen molar-refractivity contribution in [1.29, 1.82) is 0 Å². The topological polar surface area (TPSA) is 101 Å².